The van der Waals surface area contributed by atoms with Gasteiger partial charge in [0.05, 0.1) is 0 Å². The van der Waals surface area contributed by atoms with Crippen LogP contribution in [0.15, 0.2) is 0 Å². The average Bonchev–Trinajstić information content (AvgIpc) is 2.15. The predicted octanol–water partition coefficient (Wildman–Crippen LogP) is 4.08. The van der Waals surface area contributed by atoms with Gasteiger partial charge in [-0.15, -0.1) is 0 Å². The molecule has 92 valence electrons. The van der Waals surface area contributed by atoms with Crippen molar-refractivity contribution >= 4 is 0 Å². The monoisotopic (exact) mass is 213 g/mol. The lowest BCUT2D eigenvalue weighted by molar-refractivity contribution is 0.196. The van der Waals surface area contributed by atoms with Crippen LogP contribution in [0.25, 0.3) is 0 Å². The van der Waals surface area contributed by atoms with Crippen molar-refractivity contribution in [3.8, 4) is 0 Å². The molecule has 1 heteroatoms. The van der Waals surface area contributed by atoms with E-state index in [9.17, 15) is 0 Å². The van der Waals surface area contributed by atoms with Gasteiger partial charge in [-0.05, 0) is 43.1 Å². The summed E-state index contributed by atoms with van der Waals surface area (Å²) in [6.07, 6.45) is 3.95. The fourth-order valence-electron chi connectivity index (χ4n) is 2.35. The minimum atomic E-state index is 0.531. The lowest BCUT2D eigenvalue weighted by Gasteiger charge is -2.34. The van der Waals surface area contributed by atoms with Gasteiger partial charge in [-0.1, -0.05) is 41.5 Å². The zero-order valence-electron chi connectivity index (χ0n) is 11.7. The van der Waals surface area contributed by atoms with Crippen molar-refractivity contribution in [2.75, 3.05) is 13.1 Å². The van der Waals surface area contributed by atoms with Crippen molar-refractivity contribution in [3.63, 3.8) is 0 Å². The Balaban J connectivity index is 4.11. The second-order valence-corrected chi connectivity index (χ2v) is 5.83. The summed E-state index contributed by atoms with van der Waals surface area (Å²) in [5.41, 5.74) is 0.531. The first-order valence-electron chi connectivity index (χ1n) is 6.66. The lowest BCUT2D eigenvalue weighted by Crippen LogP contribution is -2.36. The molecule has 0 aromatic carbocycles. The normalized spacial score (nSPS) is 12.8. The van der Waals surface area contributed by atoms with E-state index in [2.05, 4.69) is 46.9 Å². The van der Waals surface area contributed by atoms with Crippen molar-refractivity contribution < 1.29 is 0 Å². The van der Waals surface area contributed by atoms with Gasteiger partial charge in [0.25, 0.3) is 0 Å². The predicted molar refractivity (Wildman–Crippen MR) is 70.2 cm³/mol. The Hall–Kier alpha value is -0.0400. The van der Waals surface area contributed by atoms with E-state index < -0.39 is 0 Å². The fraction of sp³-hybridized carbons (Fsp3) is 1.00. The molecular weight excluding hydrogens is 182 g/mol. The van der Waals surface area contributed by atoms with Crippen LogP contribution >= 0.6 is 0 Å². The summed E-state index contributed by atoms with van der Waals surface area (Å²) in [4.78, 5) is 0. The van der Waals surface area contributed by atoms with Gasteiger partial charge >= 0.3 is 0 Å². The molecule has 0 aliphatic heterocycles. The molecule has 0 aliphatic carbocycles. The van der Waals surface area contributed by atoms with Gasteiger partial charge in [-0.2, -0.15) is 0 Å². The molecule has 15 heavy (non-hydrogen) atoms. The maximum atomic E-state index is 3.63. The van der Waals surface area contributed by atoms with E-state index in [0.29, 0.717) is 5.41 Å². The highest BCUT2D eigenvalue weighted by Crippen LogP contribution is 2.33. The Labute approximate surface area is 97.0 Å². The summed E-state index contributed by atoms with van der Waals surface area (Å²) in [5.74, 6) is 1.57. The van der Waals surface area contributed by atoms with Gasteiger partial charge in [0.15, 0.2) is 0 Å². The van der Waals surface area contributed by atoms with E-state index >= 15 is 0 Å². The first-order valence-corrected chi connectivity index (χ1v) is 6.66. The second kappa shape index (κ2) is 7.27. The third-order valence-electron chi connectivity index (χ3n) is 3.39. The summed E-state index contributed by atoms with van der Waals surface area (Å²) in [6.45, 7) is 16.2. The van der Waals surface area contributed by atoms with Crippen LogP contribution in [-0.4, -0.2) is 13.1 Å². The minimum absolute atomic E-state index is 0.531. The highest BCUT2D eigenvalue weighted by Gasteiger charge is 2.26. The Morgan fingerprint density at radius 2 is 1.47 bits per heavy atom. The fourth-order valence-corrected chi connectivity index (χ4v) is 2.35. The molecule has 0 radical (unpaired) electrons. The molecule has 0 fully saturated rings. The van der Waals surface area contributed by atoms with E-state index in [-0.39, 0.29) is 0 Å². The van der Waals surface area contributed by atoms with Crippen molar-refractivity contribution in [3.05, 3.63) is 0 Å². The first kappa shape index (κ1) is 15.0. The number of hydrogen-bond acceptors (Lipinski definition) is 1. The van der Waals surface area contributed by atoms with Crippen molar-refractivity contribution in [1.82, 2.24) is 5.32 Å². The minimum Gasteiger partial charge on any atom is -0.316 e. The van der Waals surface area contributed by atoms with Gasteiger partial charge in [0.2, 0.25) is 0 Å². The molecule has 0 amide bonds. The molecule has 1 N–H and O–H groups in total. The Morgan fingerprint density at radius 1 is 0.933 bits per heavy atom. The van der Waals surface area contributed by atoms with Crippen LogP contribution in [0.2, 0.25) is 0 Å². The molecule has 0 unspecified atom stereocenters. The number of nitrogens with one attached hydrogen (secondary N) is 1. The van der Waals surface area contributed by atoms with Gasteiger partial charge in [-0.3, -0.25) is 0 Å². The molecule has 0 aromatic rings. The van der Waals surface area contributed by atoms with Crippen molar-refractivity contribution in [1.29, 1.82) is 0 Å². The third-order valence-corrected chi connectivity index (χ3v) is 3.39. The van der Waals surface area contributed by atoms with Crippen LogP contribution in [0.3, 0.4) is 0 Å². The van der Waals surface area contributed by atoms with Crippen LogP contribution in [0.4, 0.5) is 0 Å². The second-order valence-electron chi connectivity index (χ2n) is 5.83. The standard InChI is InChI=1S/C14H31N/c1-7-14(8-2,9-12(3)4)11-15-10-13(5)6/h12-13,15H,7-11H2,1-6H3. The molecule has 0 spiro atoms. The zero-order chi connectivity index (χ0) is 11.9. The van der Waals surface area contributed by atoms with Crippen molar-refractivity contribution in [2.45, 2.75) is 60.8 Å². The molecule has 1 nitrogen and oxygen atoms in total. The first-order chi connectivity index (χ1) is 6.95. The molecule has 0 aliphatic rings. The molecule has 0 rings (SSSR count). The average molecular weight is 213 g/mol. The summed E-state index contributed by atoms with van der Waals surface area (Å²) < 4.78 is 0. The van der Waals surface area contributed by atoms with E-state index in [4.69, 9.17) is 0 Å². The van der Waals surface area contributed by atoms with Gasteiger partial charge < -0.3 is 5.32 Å². The molecule has 0 saturated carbocycles. The highest BCUT2D eigenvalue weighted by atomic mass is 14.9. The summed E-state index contributed by atoms with van der Waals surface area (Å²) in [7, 11) is 0. The van der Waals surface area contributed by atoms with Crippen LogP contribution in [-0.2, 0) is 0 Å². The van der Waals surface area contributed by atoms with Crippen LogP contribution < -0.4 is 5.32 Å². The molecule has 0 atom stereocenters. The maximum Gasteiger partial charge on any atom is 0.000781 e. The molecule has 0 heterocycles. The molecule has 0 saturated heterocycles. The zero-order valence-corrected chi connectivity index (χ0v) is 11.7. The van der Waals surface area contributed by atoms with E-state index in [1.54, 1.807) is 0 Å². The molecule has 0 aromatic heterocycles. The van der Waals surface area contributed by atoms with Crippen LogP contribution in [0.1, 0.15) is 60.8 Å². The molecular formula is C14H31N. The molecule has 0 bridgehead atoms. The smallest absolute Gasteiger partial charge is 0.000781 e. The number of hydrogen-bond donors (Lipinski definition) is 1. The third kappa shape index (κ3) is 6.19. The van der Waals surface area contributed by atoms with E-state index in [1.165, 1.54) is 25.8 Å². The van der Waals surface area contributed by atoms with Gasteiger partial charge in [-0.25, -0.2) is 0 Å². The van der Waals surface area contributed by atoms with Crippen LogP contribution in [0.5, 0.6) is 0 Å². The Morgan fingerprint density at radius 3 is 1.80 bits per heavy atom. The Bertz CT molecular complexity index is 145. The van der Waals surface area contributed by atoms with Gasteiger partial charge in [0, 0.05) is 6.54 Å². The largest absolute Gasteiger partial charge is 0.316 e. The summed E-state index contributed by atoms with van der Waals surface area (Å²) in [5, 5.41) is 3.63. The van der Waals surface area contributed by atoms with E-state index in [0.717, 1.165) is 18.4 Å². The summed E-state index contributed by atoms with van der Waals surface area (Å²) >= 11 is 0. The lowest BCUT2D eigenvalue weighted by atomic mass is 9.75. The quantitative estimate of drug-likeness (QED) is 0.640. The number of rotatable bonds is 8. The SMILES string of the molecule is CCC(CC)(CNCC(C)C)CC(C)C. The Kier molecular flexibility index (Phi) is 7.25. The highest BCUT2D eigenvalue weighted by molar-refractivity contribution is 4.80. The topological polar surface area (TPSA) is 12.0 Å². The summed E-state index contributed by atoms with van der Waals surface area (Å²) in [6, 6.07) is 0. The van der Waals surface area contributed by atoms with Crippen LogP contribution in [0, 0.1) is 17.3 Å². The maximum absolute atomic E-state index is 3.63. The van der Waals surface area contributed by atoms with E-state index in [1.807, 2.05) is 0 Å². The van der Waals surface area contributed by atoms with Gasteiger partial charge in [0.1, 0.15) is 0 Å². The van der Waals surface area contributed by atoms with Crippen molar-refractivity contribution in [2.24, 2.45) is 17.3 Å².